The molecule has 1 radical (unpaired) electrons. The van der Waals surface area contributed by atoms with E-state index in [0.29, 0.717) is 0 Å². The molecule has 0 aliphatic rings. The van der Waals surface area contributed by atoms with Gasteiger partial charge in [-0.15, -0.1) is 0 Å². The van der Waals surface area contributed by atoms with Crippen LogP contribution in [0.25, 0.3) is 65.4 Å². The predicted octanol–water partition coefficient (Wildman–Crippen LogP) is 8.45. The molecule has 21 heteroatoms. The number of hydrogen-bond donors (Lipinski definition) is 0. The second-order valence-corrected chi connectivity index (χ2v) is 14.2. The Bertz CT molecular complexity index is 2620. The van der Waals surface area contributed by atoms with Crippen LogP contribution in [0.15, 0.2) is 146 Å². The molecule has 0 saturated heterocycles. The summed E-state index contributed by atoms with van der Waals surface area (Å²) in [6, 6.07) is 36.4. The van der Waals surface area contributed by atoms with Gasteiger partial charge >= 0.3 is 27.8 Å². The van der Waals surface area contributed by atoms with Gasteiger partial charge in [0.25, 0.3) is 0 Å². The minimum Gasteiger partial charge on any atom is -0.741 e. The van der Waals surface area contributed by atoms with Crippen molar-refractivity contribution in [3.63, 3.8) is 0 Å². The first-order valence-electron chi connectivity index (χ1n) is 16.1. The van der Waals surface area contributed by atoms with Gasteiger partial charge in [0.15, 0.2) is 20.2 Å². The van der Waals surface area contributed by atoms with E-state index in [0.717, 1.165) is 65.4 Å². The molecular formula is C38H24CoF6N6O6S2. The van der Waals surface area contributed by atoms with Crippen LogP contribution >= 0.6 is 0 Å². The van der Waals surface area contributed by atoms with Crippen LogP contribution in [-0.4, -0.2) is 66.9 Å². The van der Waals surface area contributed by atoms with Gasteiger partial charge in [0, 0.05) is 69.5 Å². The normalized spacial score (nSPS) is 11.5. The molecule has 0 saturated carbocycles. The maximum absolute atomic E-state index is 10.7. The molecule has 0 spiro atoms. The molecule has 9 aromatic rings. The second kappa shape index (κ2) is 19.2. The topological polar surface area (TPSA) is 192 Å². The van der Waals surface area contributed by atoms with Crippen molar-refractivity contribution in [3.05, 3.63) is 146 Å². The average Bonchev–Trinajstić information content (AvgIpc) is 3.20. The maximum Gasteiger partial charge on any atom is 2.00 e. The molecule has 12 nitrogen and oxygen atoms in total. The van der Waals surface area contributed by atoms with Gasteiger partial charge < -0.3 is 9.11 Å². The summed E-state index contributed by atoms with van der Waals surface area (Å²) in [7, 11) is -12.2. The van der Waals surface area contributed by atoms with Crippen molar-refractivity contribution in [2.45, 2.75) is 11.0 Å². The third kappa shape index (κ3) is 11.8. The third-order valence-electron chi connectivity index (χ3n) is 7.60. The molecule has 3 aromatic carbocycles. The van der Waals surface area contributed by atoms with E-state index in [4.69, 9.17) is 25.9 Å². The van der Waals surface area contributed by atoms with Crippen LogP contribution in [-0.2, 0) is 37.0 Å². The Morgan fingerprint density at radius 3 is 0.593 bits per heavy atom. The van der Waals surface area contributed by atoms with Crippen molar-refractivity contribution < 1.29 is 69.1 Å². The summed E-state index contributed by atoms with van der Waals surface area (Å²) in [5.74, 6) is 0. The van der Waals surface area contributed by atoms with Crippen LogP contribution in [0.3, 0.4) is 0 Å². The fraction of sp³-hybridized carbons (Fsp3) is 0.0526. The van der Waals surface area contributed by atoms with Gasteiger partial charge in [-0.25, -0.2) is 16.8 Å². The minimum absolute atomic E-state index is 0. The number of alkyl halides is 6. The number of nitrogens with zero attached hydrogens (tertiary/aromatic N) is 6. The van der Waals surface area contributed by atoms with Crippen LogP contribution in [0.5, 0.6) is 0 Å². The Kier molecular flexibility index (Phi) is 14.9. The van der Waals surface area contributed by atoms with Gasteiger partial charge in [-0.3, -0.25) is 29.9 Å². The quantitative estimate of drug-likeness (QED) is 0.0612. The zero-order chi connectivity index (χ0) is 42.1. The summed E-state index contributed by atoms with van der Waals surface area (Å²) in [5.41, 5.74) is -5.43. The van der Waals surface area contributed by atoms with Gasteiger partial charge in [-0.05, 0) is 36.4 Å². The summed E-state index contributed by atoms with van der Waals surface area (Å²) in [4.78, 5) is 26.1. The molecule has 0 amide bonds. The fourth-order valence-corrected chi connectivity index (χ4v) is 5.04. The first-order chi connectivity index (χ1) is 27.3. The molecule has 0 aliphatic heterocycles. The van der Waals surface area contributed by atoms with Crippen LogP contribution in [0, 0.1) is 0 Å². The first-order valence-corrected chi connectivity index (χ1v) is 19.0. The molecule has 0 unspecified atom stereocenters. The molecular weight excluding hydrogens is 874 g/mol. The number of rotatable bonds is 0. The summed E-state index contributed by atoms with van der Waals surface area (Å²) in [6.07, 6.45) is 10.8. The summed E-state index contributed by atoms with van der Waals surface area (Å²) in [5, 5.41) is 6.83. The summed E-state index contributed by atoms with van der Waals surface area (Å²) in [6.45, 7) is 0. The Morgan fingerprint density at radius 2 is 0.475 bits per heavy atom. The molecule has 0 atom stereocenters. The largest absolute Gasteiger partial charge is 2.00 e. The zero-order valence-corrected chi connectivity index (χ0v) is 32.1. The number of aromatic nitrogens is 6. The van der Waals surface area contributed by atoms with Crippen LogP contribution in [0.2, 0.25) is 0 Å². The van der Waals surface area contributed by atoms with E-state index in [-0.39, 0.29) is 16.8 Å². The van der Waals surface area contributed by atoms with Crippen molar-refractivity contribution in [2.75, 3.05) is 0 Å². The predicted molar refractivity (Wildman–Crippen MR) is 203 cm³/mol. The molecule has 0 bridgehead atoms. The summed E-state index contributed by atoms with van der Waals surface area (Å²) < 4.78 is 118. The van der Waals surface area contributed by atoms with Gasteiger partial charge in [-0.2, -0.15) is 26.3 Å². The van der Waals surface area contributed by atoms with E-state index in [1.165, 1.54) is 0 Å². The van der Waals surface area contributed by atoms with Crippen LogP contribution in [0.4, 0.5) is 26.3 Å². The fourth-order valence-electron chi connectivity index (χ4n) is 5.04. The Balaban J connectivity index is 0.000000166. The summed E-state index contributed by atoms with van der Waals surface area (Å²) >= 11 is 0. The number of fused-ring (bicyclic) bond motifs is 9. The van der Waals surface area contributed by atoms with Crippen LogP contribution in [0.1, 0.15) is 0 Å². The molecule has 6 aromatic heterocycles. The molecule has 9 rings (SSSR count). The zero-order valence-electron chi connectivity index (χ0n) is 29.4. The van der Waals surface area contributed by atoms with Gasteiger partial charge in [-0.1, -0.05) is 72.8 Å². The molecule has 0 N–H and O–H groups in total. The second-order valence-electron chi connectivity index (χ2n) is 11.4. The standard InChI is InChI=1S/3C12H8N2.2CHF3O3S.Co/c3*1-3-9-5-6-10-4-2-8-14-12(10)11(9)13-7-1;2*2-1(3,4)8(5,6)7;/h3*1-8H;2*(H,5,6,7);/q;;;;;+2/p-2. The Labute approximate surface area is 340 Å². The SMILES string of the molecule is O=S(=O)([O-])C(F)(F)F.O=S(=O)([O-])C(F)(F)F.[Co+2].c1cnc2c(c1)ccc1cccnc12.c1cnc2c(c1)ccc1cccnc12.c1cnc2c(c1)ccc1cccnc12. The van der Waals surface area contributed by atoms with E-state index in [9.17, 15) is 26.3 Å². The van der Waals surface area contributed by atoms with Gasteiger partial charge in [0.1, 0.15) is 0 Å². The van der Waals surface area contributed by atoms with E-state index in [2.05, 4.69) is 103 Å². The van der Waals surface area contributed by atoms with E-state index in [1.807, 2.05) is 36.4 Å². The number of pyridine rings is 6. The van der Waals surface area contributed by atoms with Crippen molar-refractivity contribution in [3.8, 4) is 0 Å². The monoisotopic (exact) mass is 897 g/mol. The Morgan fingerprint density at radius 1 is 0.339 bits per heavy atom. The Hall–Kier alpha value is -5.97. The minimum atomic E-state index is -6.09. The smallest absolute Gasteiger partial charge is 0.741 e. The first kappa shape index (κ1) is 45.7. The van der Waals surface area contributed by atoms with Crippen molar-refractivity contribution in [1.82, 2.24) is 29.9 Å². The van der Waals surface area contributed by atoms with Crippen molar-refractivity contribution in [2.24, 2.45) is 0 Å². The van der Waals surface area contributed by atoms with E-state index >= 15 is 0 Å². The van der Waals surface area contributed by atoms with Crippen LogP contribution < -0.4 is 0 Å². The maximum atomic E-state index is 10.7. The third-order valence-corrected chi connectivity index (χ3v) is 8.73. The van der Waals surface area contributed by atoms with Gasteiger partial charge in [0.2, 0.25) is 0 Å². The number of benzene rings is 3. The molecule has 305 valence electrons. The molecule has 59 heavy (non-hydrogen) atoms. The molecule has 0 aliphatic carbocycles. The van der Waals surface area contributed by atoms with Crippen molar-refractivity contribution >= 4 is 85.7 Å². The molecule has 0 fully saturated rings. The van der Waals surface area contributed by atoms with Gasteiger partial charge in [0.05, 0.1) is 33.1 Å². The van der Waals surface area contributed by atoms with E-state index < -0.39 is 31.3 Å². The molecule has 6 heterocycles. The number of hydrogen-bond acceptors (Lipinski definition) is 12. The number of halogens is 6. The average molecular weight is 898 g/mol. The van der Waals surface area contributed by atoms with E-state index in [1.54, 1.807) is 37.2 Å². The van der Waals surface area contributed by atoms with Crippen molar-refractivity contribution in [1.29, 1.82) is 0 Å².